The van der Waals surface area contributed by atoms with Crippen molar-refractivity contribution in [1.29, 1.82) is 0 Å². The SMILES string of the molecule is C=C(C)C(=O)OCCOCCOCCOC1=C2C=CC(=C1)C2C1(C)C2=CC(OCCOCCOCCOC(=O)C(=C)C)=C1C=C2. The molecule has 0 heterocycles. The predicted octanol–water partition coefficient (Wildman–Crippen LogP) is 4.47. The Labute approximate surface area is 265 Å². The molecule has 2 unspecified atom stereocenters. The molecular weight excluding hydrogens is 580 g/mol. The van der Waals surface area contributed by atoms with Gasteiger partial charge in [0.1, 0.15) is 37.9 Å². The second-order valence-corrected chi connectivity index (χ2v) is 11.1. The van der Waals surface area contributed by atoms with E-state index in [9.17, 15) is 9.59 Å². The van der Waals surface area contributed by atoms with Crippen LogP contribution in [-0.2, 0) is 47.5 Å². The minimum Gasteiger partial charge on any atom is -0.491 e. The van der Waals surface area contributed by atoms with Crippen LogP contribution in [-0.4, -0.2) is 91.2 Å². The molecule has 4 rings (SSSR count). The van der Waals surface area contributed by atoms with Crippen LogP contribution in [0.1, 0.15) is 20.8 Å². The second-order valence-electron chi connectivity index (χ2n) is 11.1. The lowest BCUT2D eigenvalue weighted by Crippen LogP contribution is -2.26. The number of hydrogen-bond donors (Lipinski definition) is 0. The minimum absolute atomic E-state index is 0.168. The maximum Gasteiger partial charge on any atom is 0.333 e. The predicted molar refractivity (Wildman–Crippen MR) is 167 cm³/mol. The molecule has 0 radical (unpaired) electrons. The highest BCUT2D eigenvalue weighted by atomic mass is 16.6. The summed E-state index contributed by atoms with van der Waals surface area (Å²) < 4.78 is 44.3. The van der Waals surface area contributed by atoms with Crippen LogP contribution >= 0.6 is 0 Å². The molecule has 4 aliphatic carbocycles. The van der Waals surface area contributed by atoms with Crippen molar-refractivity contribution in [3.05, 3.63) is 94.6 Å². The van der Waals surface area contributed by atoms with E-state index in [1.807, 2.05) is 0 Å². The van der Waals surface area contributed by atoms with Gasteiger partial charge in [-0.2, -0.15) is 0 Å². The lowest BCUT2D eigenvalue weighted by Gasteiger charge is -2.32. The molecule has 4 bridgehead atoms. The standard InChI is InChI=1S/C35H44O10/c1-24(2)33(36)44-20-16-40-12-10-38-14-18-42-30-22-26-6-8-28(30)32(26)35(5)27-7-9-29(35)31(23-27)43-19-15-39-11-13-41-17-21-45-34(37)25(3)4/h6-9,22-23,32H,1,3,10-21H2,2,4-5H3. The largest absolute Gasteiger partial charge is 0.491 e. The molecule has 0 amide bonds. The summed E-state index contributed by atoms with van der Waals surface area (Å²) in [6, 6.07) is 0. The van der Waals surface area contributed by atoms with Crippen LogP contribution in [0.3, 0.4) is 0 Å². The van der Waals surface area contributed by atoms with Gasteiger partial charge in [0, 0.05) is 33.6 Å². The van der Waals surface area contributed by atoms with E-state index in [-0.39, 0.29) is 24.5 Å². The van der Waals surface area contributed by atoms with Gasteiger partial charge < -0.3 is 37.9 Å². The van der Waals surface area contributed by atoms with Crippen molar-refractivity contribution >= 4 is 11.9 Å². The highest BCUT2D eigenvalue weighted by molar-refractivity contribution is 5.87. The number of carbonyl (C=O) groups excluding carboxylic acids is 2. The molecule has 2 atom stereocenters. The first-order valence-electron chi connectivity index (χ1n) is 15.2. The summed E-state index contributed by atoms with van der Waals surface area (Å²) in [6.45, 7) is 17.0. The molecule has 0 aromatic rings. The Hall–Kier alpha value is -3.70. The van der Waals surface area contributed by atoms with Crippen LogP contribution in [0.15, 0.2) is 94.6 Å². The van der Waals surface area contributed by atoms with E-state index >= 15 is 0 Å². The van der Waals surface area contributed by atoms with Crippen molar-refractivity contribution in [1.82, 2.24) is 0 Å². The first kappa shape index (κ1) is 34.2. The summed E-state index contributed by atoms with van der Waals surface area (Å²) in [7, 11) is 0. The topological polar surface area (TPSA) is 108 Å². The number of ether oxygens (including phenoxy) is 8. The Kier molecular flexibility index (Phi) is 12.6. The van der Waals surface area contributed by atoms with Crippen LogP contribution in [0.25, 0.3) is 0 Å². The summed E-state index contributed by atoms with van der Waals surface area (Å²) in [4.78, 5) is 22.7. The van der Waals surface area contributed by atoms with Crippen LogP contribution in [0, 0.1) is 11.3 Å². The molecule has 4 aliphatic rings. The lowest BCUT2D eigenvalue weighted by molar-refractivity contribution is -0.141. The average molecular weight is 625 g/mol. The van der Waals surface area contributed by atoms with Crippen LogP contribution in [0.4, 0.5) is 0 Å². The van der Waals surface area contributed by atoms with E-state index in [4.69, 9.17) is 37.9 Å². The number of hydrogen-bond acceptors (Lipinski definition) is 10. The Bertz CT molecular complexity index is 1330. The molecule has 0 saturated heterocycles. The van der Waals surface area contributed by atoms with Crippen molar-refractivity contribution in [3.8, 4) is 0 Å². The zero-order valence-electron chi connectivity index (χ0n) is 26.5. The van der Waals surface area contributed by atoms with Gasteiger partial charge in [-0.15, -0.1) is 0 Å². The first-order chi connectivity index (χ1) is 21.7. The van der Waals surface area contributed by atoms with E-state index in [0.29, 0.717) is 77.2 Å². The first-order valence-corrected chi connectivity index (χ1v) is 15.2. The van der Waals surface area contributed by atoms with Gasteiger partial charge in [-0.3, -0.25) is 0 Å². The zero-order valence-corrected chi connectivity index (χ0v) is 26.5. The normalized spacial score (nSPS) is 20.6. The molecule has 10 nitrogen and oxygen atoms in total. The van der Waals surface area contributed by atoms with Gasteiger partial charge in [-0.1, -0.05) is 44.4 Å². The van der Waals surface area contributed by atoms with Gasteiger partial charge >= 0.3 is 11.9 Å². The Morgan fingerprint density at radius 1 is 0.644 bits per heavy atom. The summed E-state index contributed by atoms with van der Waals surface area (Å²) in [5.74, 6) is 1.11. The monoisotopic (exact) mass is 624 g/mol. The van der Waals surface area contributed by atoms with E-state index < -0.39 is 11.9 Å². The maximum atomic E-state index is 11.3. The number of allylic oxidation sites excluding steroid dienone is 10. The fourth-order valence-electron chi connectivity index (χ4n) is 5.49. The highest BCUT2D eigenvalue weighted by Gasteiger charge is 2.52. The number of rotatable bonds is 23. The van der Waals surface area contributed by atoms with Crippen molar-refractivity contribution in [2.24, 2.45) is 11.3 Å². The van der Waals surface area contributed by atoms with Crippen molar-refractivity contribution in [3.63, 3.8) is 0 Å². The molecule has 0 aromatic heterocycles. The molecule has 0 fully saturated rings. The quantitative estimate of drug-likeness (QED) is 0.0918. The third-order valence-electron chi connectivity index (χ3n) is 7.73. The molecule has 45 heavy (non-hydrogen) atoms. The van der Waals surface area contributed by atoms with Gasteiger partial charge in [0.2, 0.25) is 0 Å². The molecule has 10 heteroatoms. The summed E-state index contributed by atoms with van der Waals surface area (Å²) in [6.07, 6.45) is 12.9. The van der Waals surface area contributed by atoms with Gasteiger partial charge in [0.25, 0.3) is 0 Å². The van der Waals surface area contributed by atoms with Crippen molar-refractivity contribution < 1.29 is 47.5 Å². The highest BCUT2D eigenvalue weighted by Crippen LogP contribution is 2.61. The third-order valence-corrected chi connectivity index (χ3v) is 7.73. The summed E-state index contributed by atoms with van der Waals surface area (Å²) >= 11 is 0. The minimum atomic E-state index is -0.415. The molecule has 0 aliphatic heterocycles. The molecule has 0 N–H and O–H groups in total. The van der Waals surface area contributed by atoms with Gasteiger partial charge in [0.15, 0.2) is 0 Å². The van der Waals surface area contributed by atoms with E-state index in [1.165, 1.54) is 22.3 Å². The maximum absolute atomic E-state index is 11.3. The number of esters is 2. The number of fused-ring (bicyclic) bond motifs is 5. The van der Waals surface area contributed by atoms with E-state index in [1.54, 1.807) is 13.8 Å². The molecular formula is C35H44O10. The lowest BCUT2D eigenvalue weighted by atomic mass is 9.69. The van der Waals surface area contributed by atoms with Crippen LogP contribution in [0.2, 0.25) is 0 Å². The Balaban J connectivity index is 1.12. The second kappa shape index (κ2) is 16.6. The summed E-state index contributed by atoms with van der Waals surface area (Å²) in [5.41, 5.74) is 5.31. The summed E-state index contributed by atoms with van der Waals surface area (Å²) in [5, 5.41) is 0. The van der Waals surface area contributed by atoms with E-state index in [0.717, 1.165) is 11.5 Å². The van der Waals surface area contributed by atoms with Gasteiger partial charge in [-0.05, 0) is 37.1 Å². The molecule has 0 aromatic carbocycles. The Morgan fingerprint density at radius 2 is 1.13 bits per heavy atom. The van der Waals surface area contributed by atoms with Crippen molar-refractivity contribution in [2.45, 2.75) is 20.8 Å². The fourth-order valence-corrected chi connectivity index (χ4v) is 5.49. The van der Waals surface area contributed by atoms with Crippen LogP contribution < -0.4 is 0 Å². The molecule has 0 spiro atoms. The molecule has 0 saturated carbocycles. The number of carbonyl (C=O) groups is 2. The van der Waals surface area contributed by atoms with Crippen molar-refractivity contribution in [2.75, 3.05) is 79.3 Å². The fraction of sp³-hybridized carbons (Fsp3) is 0.486. The third kappa shape index (κ3) is 8.73. The Morgan fingerprint density at radius 3 is 1.67 bits per heavy atom. The zero-order chi connectivity index (χ0) is 32.2. The van der Waals surface area contributed by atoms with Crippen LogP contribution in [0.5, 0.6) is 0 Å². The average Bonchev–Trinajstić information content (AvgIpc) is 3.75. The smallest absolute Gasteiger partial charge is 0.333 e. The molecule has 244 valence electrons. The van der Waals surface area contributed by atoms with E-state index in [2.05, 4.69) is 56.5 Å². The van der Waals surface area contributed by atoms with Gasteiger partial charge in [-0.25, -0.2) is 9.59 Å². The van der Waals surface area contributed by atoms with Gasteiger partial charge in [0.05, 0.1) is 52.9 Å².